The van der Waals surface area contributed by atoms with Crippen molar-refractivity contribution in [1.29, 1.82) is 0 Å². The summed E-state index contributed by atoms with van der Waals surface area (Å²) in [5.74, 6) is 0. The zero-order valence-corrected chi connectivity index (χ0v) is 17.5. The highest BCUT2D eigenvalue weighted by molar-refractivity contribution is 7.78. The zero-order chi connectivity index (χ0) is 19.0. The van der Waals surface area contributed by atoms with Gasteiger partial charge in [-0.1, -0.05) is 121 Å². The Labute approximate surface area is 170 Å². The fourth-order valence-corrected chi connectivity index (χ4v) is 8.07. The van der Waals surface area contributed by atoms with E-state index >= 15 is 0 Å². The van der Waals surface area contributed by atoms with E-state index in [9.17, 15) is 0 Å². The second-order valence-corrected chi connectivity index (χ2v) is 10.9. The van der Waals surface area contributed by atoms with Crippen LogP contribution in [-0.4, -0.2) is 6.16 Å². The van der Waals surface area contributed by atoms with Crippen LogP contribution in [0.25, 0.3) is 0 Å². The second-order valence-electron chi connectivity index (χ2n) is 6.51. The lowest BCUT2D eigenvalue weighted by molar-refractivity contribution is 1.66. The summed E-state index contributed by atoms with van der Waals surface area (Å²) in [5, 5.41) is 5.71. The molecule has 0 N–H and O–H groups in total. The van der Waals surface area contributed by atoms with E-state index in [2.05, 4.69) is 127 Å². The molecule has 4 rings (SSSR count). The number of hydrogen-bond acceptors (Lipinski definition) is 0. The third kappa shape index (κ3) is 4.77. The summed E-state index contributed by atoms with van der Waals surface area (Å²) in [6.07, 6.45) is 3.66. The molecule has 0 spiro atoms. The molecule has 0 saturated carbocycles. The van der Waals surface area contributed by atoms with Crippen molar-refractivity contribution in [2.75, 3.05) is 6.16 Å². The Balaban J connectivity index is 1.64. The van der Waals surface area contributed by atoms with Gasteiger partial charge in [0.05, 0.1) is 0 Å². The van der Waals surface area contributed by atoms with Crippen molar-refractivity contribution in [2.45, 2.75) is 0 Å². The third-order valence-corrected chi connectivity index (χ3v) is 9.59. The first kappa shape index (κ1) is 19.1. The molecule has 0 atom stereocenters. The van der Waals surface area contributed by atoms with Crippen LogP contribution in [0.2, 0.25) is 0 Å². The molecule has 0 aliphatic heterocycles. The minimum absolute atomic E-state index is 0.403. The van der Waals surface area contributed by atoms with Crippen molar-refractivity contribution >= 4 is 37.1 Å². The van der Waals surface area contributed by atoms with Gasteiger partial charge in [0, 0.05) is 0 Å². The van der Waals surface area contributed by atoms with Gasteiger partial charge < -0.3 is 0 Å². The molecular formula is C26H23P2. The molecule has 4 aromatic carbocycles. The molecule has 4 aromatic rings. The van der Waals surface area contributed by atoms with E-state index in [-0.39, 0.29) is 0 Å². The molecule has 0 aromatic heterocycles. The Morgan fingerprint density at radius 3 is 1.11 bits per heavy atom. The maximum atomic E-state index is 2.58. The summed E-state index contributed by atoms with van der Waals surface area (Å²) in [5.41, 5.74) is 0. The van der Waals surface area contributed by atoms with E-state index in [0.29, 0.717) is 0 Å². The van der Waals surface area contributed by atoms with Gasteiger partial charge in [-0.2, -0.15) is 0 Å². The fourth-order valence-electron chi connectivity index (χ4n) is 3.28. The van der Waals surface area contributed by atoms with Crippen LogP contribution in [0.4, 0.5) is 0 Å². The van der Waals surface area contributed by atoms with Crippen molar-refractivity contribution in [3.05, 3.63) is 127 Å². The van der Waals surface area contributed by atoms with Crippen LogP contribution in [0, 0.1) is 6.16 Å². The topological polar surface area (TPSA) is 0 Å². The molecule has 2 heteroatoms. The highest BCUT2D eigenvalue weighted by Crippen LogP contribution is 2.44. The van der Waals surface area contributed by atoms with Gasteiger partial charge in [-0.05, 0) is 49.4 Å². The summed E-state index contributed by atoms with van der Waals surface area (Å²) in [6, 6.07) is 43.8. The van der Waals surface area contributed by atoms with Crippen LogP contribution >= 0.6 is 15.8 Å². The maximum Gasteiger partial charge on any atom is -0.000621 e. The predicted molar refractivity (Wildman–Crippen MR) is 127 cm³/mol. The predicted octanol–water partition coefficient (Wildman–Crippen LogP) is 5.41. The normalized spacial score (nSPS) is 11.1. The third-order valence-electron chi connectivity index (χ3n) is 4.65. The lowest BCUT2D eigenvalue weighted by Gasteiger charge is -2.23. The van der Waals surface area contributed by atoms with Crippen molar-refractivity contribution in [1.82, 2.24) is 0 Å². The first-order chi connectivity index (χ1) is 13.9. The summed E-state index contributed by atoms with van der Waals surface area (Å²) in [6.45, 7) is 0. The van der Waals surface area contributed by atoms with Crippen LogP contribution in [-0.2, 0) is 0 Å². The molecule has 0 unspecified atom stereocenters. The van der Waals surface area contributed by atoms with Crippen molar-refractivity contribution in [3.8, 4) is 0 Å². The molecule has 0 nitrogen and oxygen atoms in total. The van der Waals surface area contributed by atoms with Crippen LogP contribution in [0.15, 0.2) is 121 Å². The number of hydrogen-bond donors (Lipinski definition) is 0. The average molecular weight is 397 g/mol. The highest BCUT2D eigenvalue weighted by Gasteiger charge is 2.19. The molecule has 1 radical (unpaired) electrons. The number of rotatable bonds is 7. The van der Waals surface area contributed by atoms with Gasteiger partial charge in [-0.3, -0.25) is 0 Å². The van der Waals surface area contributed by atoms with E-state index in [1.165, 1.54) is 21.2 Å². The van der Waals surface area contributed by atoms with Crippen molar-refractivity contribution in [3.63, 3.8) is 0 Å². The Hall–Kier alpha value is -2.26. The summed E-state index contributed by atoms with van der Waals surface area (Å²) in [4.78, 5) is 0. The monoisotopic (exact) mass is 397 g/mol. The molecule has 0 heterocycles. The Morgan fingerprint density at radius 1 is 0.429 bits per heavy atom. The number of benzene rings is 4. The largest absolute Gasteiger partial charge is 0.0622 e. The van der Waals surface area contributed by atoms with Crippen LogP contribution < -0.4 is 21.2 Å². The van der Waals surface area contributed by atoms with Gasteiger partial charge in [0.2, 0.25) is 0 Å². The Kier molecular flexibility index (Phi) is 6.67. The van der Waals surface area contributed by atoms with Crippen molar-refractivity contribution in [2.24, 2.45) is 0 Å². The first-order valence-corrected chi connectivity index (χ1v) is 12.5. The zero-order valence-electron chi connectivity index (χ0n) is 15.7. The van der Waals surface area contributed by atoms with Crippen molar-refractivity contribution < 1.29 is 0 Å². The molecule has 0 bridgehead atoms. The average Bonchev–Trinajstić information content (AvgIpc) is 2.79. The van der Waals surface area contributed by atoms with Gasteiger partial charge in [0.1, 0.15) is 0 Å². The van der Waals surface area contributed by atoms with Crippen LogP contribution in [0.1, 0.15) is 0 Å². The second kappa shape index (κ2) is 9.79. The molecule has 0 fully saturated rings. The quantitative estimate of drug-likeness (QED) is 0.366. The molecule has 0 amide bonds. The summed E-state index contributed by atoms with van der Waals surface area (Å²) in [7, 11) is -0.876. The molecule has 0 saturated heterocycles. The molecule has 0 aliphatic carbocycles. The minimum atomic E-state index is -0.473. The lowest BCUT2D eigenvalue weighted by atomic mass is 10.4. The SMILES string of the molecule is [CH](CP(c1ccccc1)c1ccccc1)P(c1ccccc1)c1ccccc1. The summed E-state index contributed by atoms with van der Waals surface area (Å²) >= 11 is 0. The van der Waals surface area contributed by atoms with Gasteiger partial charge in [-0.25, -0.2) is 0 Å². The van der Waals surface area contributed by atoms with Gasteiger partial charge >= 0.3 is 0 Å². The maximum absolute atomic E-state index is 2.58. The molecule has 0 aliphatic rings. The Morgan fingerprint density at radius 2 is 0.750 bits per heavy atom. The van der Waals surface area contributed by atoms with E-state index in [0.717, 1.165) is 6.16 Å². The highest BCUT2D eigenvalue weighted by atomic mass is 31.1. The molecule has 137 valence electrons. The van der Waals surface area contributed by atoms with Gasteiger partial charge in [0.15, 0.2) is 0 Å². The van der Waals surface area contributed by atoms with Crippen LogP contribution in [0.3, 0.4) is 0 Å². The molecular weight excluding hydrogens is 374 g/mol. The first-order valence-electron chi connectivity index (χ1n) is 9.52. The van der Waals surface area contributed by atoms with E-state index < -0.39 is 15.8 Å². The Bertz CT molecular complexity index is 792. The fraction of sp³-hybridized carbons (Fsp3) is 0.0385. The van der Waals surface area contributed by atoms with Gasteiger partial charge in [-0.15, -0.1) is 0 Å². The minimum Gasteiger partial charge on any atom is -0.0622 e. The smallest absolute Gasteiger partial charge is 0.000621 e. The van der Waals surface area contributed by atoms with Crippen LogP contribution in [0.5, 0.6) is 0 Å². The summed E-state index contributed by atoms with van der Waals surface area (Å²) < 4.78 is 0. The van der Waals surface area contributed by atoms with E-state index in [4.69, 9.17) is 0 Å². The van der Waals surface area contributed by atoms with E-state index in [1.54, 1.807) is 0 Å². The van der Waals surface area contributed by atoms with E-state index in [1.807, 2.05) is 0 Å². The van der Waals surface area contributed by atoms with Gasteiger partial charge in [0.25, 0.3) is 0 Å². The molecule has 28 heavy (non-hydrogen) atoms. The standard InChI is InChI=1S/C26H23P2/c1-5-13-23(14-6-1)27(24-15-7-2-8-16-24)21-22-28(25-17-9-3-10-18-25)26-19-11-4-12-20-26/h1-21H,22H2. The lowest BCUT2D eigenvalue weighted by Crippen LogP contribution is -2.17.